The highest BCUT2D eigenvalue weighted by molar-refractivity contribution is 5.73. The second-order valence-electron chi connectivity index (χ2n) is 4.69. The molecular formula is C12H25N3O6. The molecule has 9 heteroatoms. The molecule has 0 aromatic carbocycles. The van der Waals surface area contributed by atoms with Crippen LogP contribution < -0.4 is 16.8 Å². The van der Waals surface area contributed by atoms with Crippen molar-refractivity contribution in [3.63, 3.8) is 0 Å². The number of nitrogens with two attached hydrogens (primary N) is 2. The number of aliphatic carboxylic acids is 3. The Labute approximate surface area is 123 Å². The van der Waals surface area contributed by atoms with Gasteiger partial charge in [0.05, 0.1) is 6.54 Å². The molecule has 0 aromatic rings. The minimum Gasteiger partial charge on any atom is -0.480 e. The molecule has 0 aromatic heterocycles. The second kappa shape index (κ2) is 12.1. The molecule has 0 saturated carbocycles. The van der Waals surface area contributed by atoms with E-state index in [0.717, 1.165) is 19.4 Å². The van der Waals surface area contributed by atoms with Gasteiger partial charge in [0.15, 0.2) is 0 Å². The molecule has 1 rings (SSSR count). The highest BCUT2D eigenvalue weighted by Gasteiger charge is 2.20. The lowest BCUT2D eigenvalue weighted by molar-refractivity contribution is -0.140. The van der Waals surface area contributed by atoms with Crippen LogP contribution in [0.5, 0.6) is 0 Å². The summed E-state index contributed by atoms with van der Waals surface area (Å²) in [5.41, 5.74) is 9.73. The van der Waals surface area contributed by atoms with E-state index in [1.54, 1.807) is 13.8 Å². The number of hydrogen-bond acceptors (Lipinski definition) is 6. The van der Waals surface area contributed by atoms with Crippen molar-refractivity contribution in [3.8, 4) is 0 Å². The number of nitrogens with one attached hydrogen (secondary N) is 1. The number of carboxylic acids is 3. The maximum absolute atomic E-state index is 10.1. The predicted octanol–water partition coefficient (Wildman–Crippen LogP) is -1.09. The summed E-state index contributed by atoms with van der Waals surface area (Å²) in [5, 5.41) is 27.0. The van der Waals surface area contributed by atoms with Crippen molar-refractivity contribution in [2.45, 2.75) is 38.8 Å². The highest BCUT2D eigenvalue weighted by Crippen LogP contribution is 2.03. The fraction of sp³-hybridized carbons (Fsp3) is 0.750. The van der Waals surface area contributed by atoms with Crippen LogP contribution in [0.25, 0.3) is 0 Å². The van der Waals surface area contributed by atoms with Crippen molar-refractivity contribution in [2.75, 3.05) is 13.1 Å². The number of carbonyl (C=O) groups is 3. The van der Waals surface area contributed by atoms with Gasteiger partial charge in [0, 0.05) is 0 Å². The lowest BCUT2D eigenvalue weighted by atomic mass is 10.1. The molecule has 2 atom stereocenters. The summed E-state index contributed by atoms with van der Waals surface area (Å²) >= 11 is 0. The van der Waals surface area contributed by atoms with Gasteiger partial charge in [-0.05, 0) is 25.3 Å². The molecule has 1 aliphatic heterocycles. The SMILES string of the molecule is CC(C)C(N)C(=O)O.NCC(=O)O.O=C(O)[C@@H]1CCCN1. The molecule has 0 aliphatic carbocycles. The molecule has 1 aliphatic rings. The van der Waals surface area contributed by atoms with Crippen molar-refractivity contribution in [3.05, 3.63) is 0 Å². The molecule has 1 fully saturated rings. The largest absolute Gasteiger partial charge is 0.480 e. The summed E-state index contributed by atoms with van der Waals surface area (Å²) in [6.07, 6.45) is 1.78. The van der Waals surface area contributed by atoms with Gasteiger partial charge in [0.1, 0.15) is 12.1 Å². The van der Waals surface area contributed by atoms with Crippen molar-refractivity contribution in [2.24, 2.45) is 17.4 Å². The first-order chi connectivity index (χ1) is 9.63. The molecule has 8 N–H and O–H groups in total. The van der Waals surface area contributed by atoms with E-state index < -0.39 is 23.9 Å². The Morgan fingerprint density at radius 3 is 1.81 bits per heavy atom. The van der Waals surface area contributed by atoms with Crippen LogP contribution >= 0.6 is 0 Å². The first-order valence-corrected chi connectivity index (χ1v) is 6.49. The van der Waals surface area contributed by atoms with Crippen LogP contribution in [0.2, 0.25) is 0 Å². The van der Waals surface area contributed by atoms with Crippen molar-refractivity contribution in [1.29, 1.82) is 0 Å². The predicted molar refractivity (Wildman–Crippen MR) is 75.8 cm³/mol. The molecule has 9 nitrogen and oxygen atoms in total. The van der Waals surface area contributed by atoms with Gasteiger partial charge in [-0.15, -0.1) is 0 Å². The zero-order valence-corrected chi connectivity index (χ0v) is 12.3. The third-order valence-electron chi connectivity index (χ3n) is 2.54. The number of hydrogen-bond donors (Lipinski definition) is 6. The van der Waals surface area contributed by atoms with E-state index in [2.05, 4.69) is 11.1 Å². The summed E-state index contributed by atoms with van der Waals surface area (Å²) in [5.74, 6) is -2.60. The molecular weight excluding hydrogens is 282 g/mol. The van der Waals surface area contributed by atoms with E-state index in [9.17, 15) is 14.4 Å². The van der Waals surface area contributed by atoms with E-state index in [-0.39, 0.29) is 18.5 Å². The normalized spacial score (nSPS) is 17.9. The topological polar surface area (TPSA) is 176 Å². The van der Waals surface area contributed by atoms with E-state index in [1.165, 1.54) is 0 Å². The summed E-state index contributed by atoms with van der Waals surface area (Å²) < 4.78 is 0. The van der Waals surface area contributed by atoms with Gasteiger partial charge >= 0.3 is 17.9 Å². The standard InChI is InChI=1S/C5H9NO2.C5H11NO2.C2H5NO2/c7-5(8)4-2-1-3-6-4;1-3(2)4(6)5(7)8;3-1-2(4)5/h4,6H,1-3H2,(H,7,8);3-4H,6H2,1-2H3,(H,7,8);1,3H2,(H,4,5)/t4-;;/m0../s1. The quantitative estimate of drug-likeness (QED) is 0.376. The molecule has 0 bridgehead atoms. The minimum atomic E-state index is -0.968. The maximum Gasteiger partial charge on any atom is 0.320 e. The van der Waals surface area contributed by atoms with Crippen LogP contribution in [-0.4, -0.2) is 58.4 Å². The summed E-state index contributed by atoms with van der Waals surface area (Å²) in [6.45, 7) is 4.13. The maximum atomic E-state index is 10.1. The van der Waals surface area contributed by atoms with Gasteiger partial charge in [-0.25, -0.2) is 0 Å². The molecule has 1 heterocycles. The Morgan fingerprint density at radius 1 is 1.24 bits per heavy atom. The van der Waals surface area contributed by atoms with Crippen molar-refractivity contribution < 1.29 is 29.7 Å². The van der Waals surface area contributed by atoms with Gasteiger partial charge in [-0.2, -0.15) is 0 Å². The lowest BCUT2D eigenvalue weighted by Gasteiger charge is -2.07. The van der Waals surface area contributed by atoms with Crippen LogP contribution in [-0.2, 0) is 14.4 Å². The third kappa shape index (κ3) is 13.0. The van der Waals surface area contributed by atoms with E-state index in [1.807, 2.05) is 0 Å². The Kier molecular flexibility index (Phi) is 12.4. The first kappa shape index (κ1) is 21.6. The smallest absolute Gasteiger partial charge is 0.320 e. The zero-order valence-electron chi connectivity index (χ0n) is 12.3. The summed E-state index contributed by atoms with van der Waals surface area (Å²) in [6, 6.07) is -0.981. The Bertz CT molecular complexity index is 317. The molecule has 21 heavy (non-hydrogen) atoms. The highest BCUT2D eigenvalue weighted by atomic mass is 16.4. The monoisotopic (exact) mass is 307 g/mol. The summed E-state index contributed by atoms with van der Waals surface area (Å²) in [4.78, 5) is 29.4. The van der Waals surface area contributed by atoms with E-state index in [4.69, 9.17) is 21.1 Å². The van der Waals surface area contributed by atoms with Gasteiger partial charge in [0.2, 0.25) is 0 Å². The molecule has 0 radical (unpaired) electrons. The van der Waals surface area contributed by atoms with Crippen molar-refractivity contribution in [1.82, 2.24) is 5.32 Å². The lowest BCUT2D eigenvalue weighted by Crippen LogP contribution is -2.34. The van der Waals surface area contributed by atoms with Crippen LogP contribution in [0.15, 0.2) is 0 Å². The molecule has 0 spiro atoms. The molecule has 1 unspecified atom stereocenters. The number of rotatable bonds is 4. The van der Waals surface area contributed by atoms with Crippen LogP contribution in [0.1, 0.15) is 26.7 Å². The molecule has 0 amide bonds. The van der Waals surface area contributed by atoms with Gasteiger partial charge < -0.3 is 32.1 Å². The molecule has 1 saturated heterocycles. The van der Waals surface area contributed by atoms with Gasteiger partial charge in [0.25, 0.3) is 0 Å². The second-order valence-corrected chi connectivity index (χ2v) is 4.69. The summed E-state index contributed by atoms with van der Waals surface area (Å²) in [7, 11) is 0. The van der Waals surface area contributed by atoms with Crippen molar-refractivity contribution >= 4 is 17.9 Å². The zero-order chi connectivity index (χ0) is 17.0. The van der Waals surface area contributed by atoms with Crippen LogP contribution in [0.3, 0.4) is 0 Å². The Morgan fingerprint density at radius 2 is 1.71 bits per heavy atom. The van der Waals surface area contributed by atoms with E-state index in [0.29, 0.717) is 0 Å². The fourth-order valence-electron chi connectivity index (χ4n) is 1.18. The Hall–Kier alpha value is -1.71. The minimum absolute atomic E-state index is 0.0208. The van der Waals surface area contributed by atoms with Gasteiger partial charge in [-0.1, -0.05) is 13.8 Å². The van der Waals surface area contributed by atoms with E-state index >= 15 is 0 Å². The first-order valence-electron chi connectivity index (χ1n) is 6.49. The Balaban J connectivity index is 0. The van der Waals surface area contributed by atoms with Gasteiger partial charge in [-0.3, -0.25) is 14.4 Å². The third-order valence-corrected chi connectivity index (χ3v) is 2.54. The number of carboxylic acid groups (broad SMARTS) is 3. The fourth-order valence-corrected chi connectivity index (χ4v) is 1.18. The van der Waals surface area contributed by atoms with Crippen LogP contribution in [0.4, 0.5) is 0 Å². The average molecular weight is 307 g/mol. The average Bonchev–Trinajstić information content (AvgIpc) is 2.93. The van der Waals surface area contributed by atoms with Crippen LogP contribution in [0, 0.1) is 5.92 Å². The molecule has 124 valence electrons.